The molecule has 0 atom stereocenters. The summed E-state index contributed by atoms with van der Waals surface area (Å²) >= 11 is 4.93. The van der Waals surface area contributed by atoms with E-state index in [0.717, 1.165) is 14.9 Å². The van der Waals surface area contributed by atoms with E-state index in [9.17, 15) is 0 Å². The highest BCUT2D eigenvalue weighted by Gasteiger charge is 2.10. The summed E-state index contributed by atoms with van der Waals surface area (Å²) in [6.07, 6.45) is 1.61. The standard InChI is InChI=1S/C10H6BrN3S/c11-6-3-9(15-5-6)7-1-2-14-10(13)8(7)4-12/h1-3,5H,(H2,13,14). The number of hydrogen-bond acceptors (Lipinski definition) is 4. The molecule has 0 saturated heterocycles. The van der Waals surface area contributed by atoms with Gasteiger partial charge in [0.2, 0.25) is 0 Å². The zero-order valence-corrected chi connectivity index (χ0v) is 9.97. The van der Waals surface area contributed by atoms with Crippen LogP contribution in [0.15, 0.2) is 28.2 Å². The van der Waals surface area contributed by atoms with Crippen molar-refractivity contribution in [2.24, 2.45) is 0 Å². The van der Waals surface area contributed by atoms with Crippen molar-refractivity contribution in [1.29, 1.82) is 5.26 Å². The molecule has 0 amide bonds. The van der Waals surface area contributed by atoms with Crippen molar-refractivity contribution >= 4 is 33.1 Å². The lowest BCUT2D eigenvalue weighted by molar-refractivity contribution is 1.31. The molecule has 2 heterocycles. The van der Waals surface area contributed by atoms with Gasteiger partial charge in [0, 0.05) is 26.5 Å². The summed E-state index contributed by atoms with van der Waals surface area (Å²) in [7, 11) is 0. The molecule has 2 aromatic rings. The molecule has 74 valence electrons. The highest BCUT2D eigenvalue weighted by molar-refractivity contribution is 9.10. The Kier molecular flexibility index (Phi) is 2.71. The largest absolute Gasteiger partial charge is 0.383 e. The first-order valence-electron chi connectivity index (χ1n) is 4.11. The number of hydrogen-bond donors (Lipinski definition) is 1. The third kappa shape index (κ3) is 1.87. The van der Waals surface area contributed by atoms with Gasteiger partial charge in [-0.15, -0.1) is 11.3 Å². The van der Waals surface area contributed by atoms with Crippen molar-refractivity contribution in [3.8, 4) is 16.5 Å². The van der Waals surface area contributed by atoms with Crippen molar-refractivity contribution in [1.82, 2.24) is 4.98 Å². The number of rotatable bonds is 1. The summed E-state index contributed by atoms with van der Waals surface area (Å²) in [5, 5.41) is 11.0. The fourth-order valence-electron chi connectivity index (χ4n) is 1.26. The van der Waals surface area contributed by atoms with Crippen LogP contribution in [-0.2, 0) is 0 Å². The van der Waals surface area contributed by atoms with Crippen LogP contribution in [-0.4, -0.2) is 4.98 Å². The molecule has 0 aliphatic heterocycles. The minimum Gasteiger partial charge on any atom is -0.383 e. The predicted octanol–water partition coefficient (Wildman–Crippen LogP) is 3.03. The van der Waals surface area contributed by atoms with E-state index in [1.165, 1.54) is 0 Å². The summed E-state index contributed by atoms with van der Waals surface area (Å²) in [6, 6.07) is 5.83. The van der Waals surface area contributed by atoms with Gasteiger partial charge < -0.3 is 5.73 Å². The molecular formula is C10H6BrN3S. The normalized spacial score (nSPS) is 9.87. The Labute approximate surface area is 99.3 Å². The van der Waals surface area contributed by atoms with Crippen LogP contribution in [0.2, 0.25) is 0 Å². The predicted molar refractivity (Wildman–Crippen MR) is 64.4 cm³/mol. The number of anilines is 1. The van der Waals surface area contributed by atoms with E-state index in [2.05, 4.69) is 27.0 Å². The van der Waals surface area contributed by atoms with Gasteiger partial charge >= 0.3 is 0 Å². The second-order valence-corrected chi connectivity index (χ2v) is 4.69. The first-order chi connectivity index (χ1) is 7.22. The number of nitriles is 1. The van der Waals surface area contributed by atoms with Crippen molar-refractivity contribution in [3.05, 3.63) is 33.7 Å². The monoisotopic (exact) mass is 279 g/mol. The van der Waals surface area contributed by atoms with Crippen LogP contribution in [0.4, 0.5) is 5.82 Å². The van der Waals surface area contributed by atoms with Crippen LogP contribution >= 0.6 is 27.3 Å². The van der Waals surface area contributed by atoms with Crippen molar-refractivity contribution in [2.75, 3.05) is 5.73 Å². The lowest BCUT2D eigenvalue weighted by Gasteiger charge is -2.02. The Morgan fingerprint density at radius 2 is 2.33 bits per heavy atom. The van der Waals surface area contributed by atoms with Gasteiger partial charge in [-0.2, -0.15) is 5.26 Å². The summed E-state index contributed by atoms with van der Waals surface area (Å²) < 4.78 is 1.00. The number of thiophene rings is 1. The second kappa shape index (κ2) is 4.01. The maximum absolute atomic E-state index is 8.99. The Morgan fingerprint density at radius 1 is 1.53 bits per heavy atom. The smallest absolute Gasteiger partial charge is 0.141 e. The molecule has 15 heavy (non-hydrogen) atoms. The van der Waals surface area contributed by atoms with E-state index in [4.69, 9.17) is 11.0 Å². The summed E-state index contributed by atoms with van der Waals surface area (Å²) in [4.78, 5) is 4.90. The molecule has 0 saturated carbocycles. The highest BCUT2D eigenvalue weighted by atomic mass is 79.9. The lowest BCUT2D eigenvalue weighted by Crippen LogP contribution is -1.95. The minimum absolute atomic E-state index is 0.277. The Morgan fingerprint density at radius 3 is 2.93 bits per heavy atom. The topological polar surface area (TPSA) is 62.7 Å². The Bertz CT molecular complexity index is 542. The first-order valence-corrected chi connectivity index (χ1v) is 5.78. The third-order valence-electron chi connectivity index (χ3n) is 1.93. The zero-order chi connectivity index (χ0) is 10.8. The number of nitrogen functional groups attached to an aromatic ring is 1. The zero-order valence-electron chi connectivity index (χ0n) is 7.57. The quantitative estimate of drug-likeness (QED) is 0.873. The number of pyridine rings is 1. The third-order valence-corrected chi connectivity index (χ3v) is 3.65. The van der Waals surface area contributed by atoms with E-state index >= 15 is 0 Å². The van der Waals surface area contributed by atoms with Gasteiger partial charge in [0.15, 0.2) is 0 Å². The molecule has 0 radical (unpaired) electrons. The lowest BCUT2D eigenvalue weighted by atomic mass is 10.1. The summed E-state index contributed by atoms with van der Waals surface area (Å²) in [6.45, 7) is 0. The molecule has 0 spiro atoms. The molecule has 0 bridgehead atoms. The summed E-state index contributed by atoms with van der Waals surface area (Å²) in [5.41, 5.74) is 6.91. The van der Waals surface area contributed by atoms with E-state index in [-0.39, 0.29) is 5.82 Å². The molecule has 2 rings (SSSR count). The van der Waals surface area contributed by atoms with Crippen LogP contribution in [0.1, 0.15) is 5.56 Å². The van der Waals surface area contributed by atoms with Gasteiger partial charge in [-0.1, -0.05) is 0 Å². The molecule has 5 heteroatoms. The fraction of sp³-hybridized carbons (Fsp3) is 0. The van der Waals surface area contributed by atoms with Crippen LogP contribution in [0, 0.1) is 11.3 Å². The Balaban J connectivity index is 2.63. The Hall–Kier alpha value is -1.38. The van der Waals surface area contributed by atoms with Gasteiger partial charge in [0.25, 0.3) is 0 Å². The number of aromatic nitrogens is 1. The molecule has 0 aliphatic carbocycles. The maximum Gasteiger partial charge on any atom is 0.141 e. The van der Waals surface area contributed by atoms with Crippen LogP contribution in [0.5, 0.6) is 0 Å². The van der Waals surface area contributed by atoms with Gasteiger partial charge in [0.1, 0.15) is 17.5 Å². The molecular weight excluding hydrogens is 274 g/mol. The molecule has 0 aliphatic rings. The van der Waals surface area contributed by atoms with Gasteiger partial charge in [-0.25, -0.2) is 4.98 Å². The second-order valence-electron chi connectivity index (χ2n) is 2.86. The van der Waals surface area contributed by atoms with E-state index < -0.39 is 0 Å². The maximum atomic E-state index is 8.99. The average molecular weight is 280 g/mol. The number of nitrogens with zero attached hydrogens (tertiary/aromatic N) is 2. The molecule has 2 aromatic heterocycles. The van der Waals surface area contributed by atoms with Gasteiger partial charge in [-0.3, -0.25) is 0 Å². The average Bonchev–Trinajstić information content (AvgIpc) is 2.64. The van der Waals surface area contributed by atoms with Crippen LogP contribution in [0.25, 0.3) is 10.4 Å². The van der Waals surface area contributed by atoms with Crippen molar-refractivity contribution in [2.45, 2.75) is 0 Å². The van der Waals surface area contributed by atoms with E-state index in [0.29, 0.717) is 5.56 Å². The van der Waals surface area contributed by atoms with Crippen molar-refractivity contribution < 1.29 is 0 Å². The van der Waals surface area contributed by atoms with Crippen LogP contribution in [0.3, 0.4) is 0 Å². The van der Waals surface area contributed by atoms with E-state index in [1.807, 2.05) is 11.4 Å². The molecule has 2 N–H and O–H groups in total. The molecule has 0 unspecified atom stereocenters. The van der Waals surface area contributed by atoms with Crippen LogP contribution < -0.4 is 5.73 Å². The molecule has 0 aromatic carbocycles. The molecule has 0 fully saturated rings. The minimum atomic E-state index is 0.277. The SMILES string of the molecule is N#Cc1c(-c2cc(Br)cs2)ccnc1N. The first kappa shape index (κ1) is 10.1. The number of nitrogens with two attached hydrogens (primary N) is 1. The highest BCUT2D eigenvalue weighted by Crippen LogP contribution is 2.32. The summed E-state index contributed by atoms with van der Waals surface area (Å²) in [5.74, 6) is 0.277. The number of halogens is 1. The van der Waals surface area contributed by atoms with Gasteiger partial charge in [-0.05, 0) is 28.1 Å². The van der Waals surface area contributed by atoms with E-state index in [1.54, 1.807) is 23.6 Å². The van der Waals surface area contributed by atoms with Gasteiger partial charge in [0.05, 0.1) is 0 Å². The fourth-order valence-corrected chi connectivity index (χ4v) is 2.72. The molecule has 3 nitrogen and oxygen atoms in total. The van der Waals surface area contributed by atoms with Crippen molar-refractivity contribution in [3.63, 3.8) is 0 Å².